The summed E-state index contributed by atoms with van der Waals surface area (Å²) in [7, 11) is 0. The van der Waals surface area contributed by atoms with Gasteiger partial charge in [-0.1, -0.05) is 30.3 Å². The molecular weight excluding hydrogens is 194 g/mol. The van der Waals surface area contributed by atoms with Crippen molar-refractivity contribution >= 4 is 5.97 Å². The SMILES string of the molecule is CC(N)C(O)C(C(=O)O)c1ccccc1. The molecule has 4 heteroatoms. The van der Waals surface area contributed by atoms with Gasteiger partial charge in [0, 0.05) is 6.04 Å². The molecule has 15 heavy (non-hydrogen) atoms. The van der Waals surface area contributed by atoms with Crippen LogP contribution in [0.1, 0.15) is 18.4 Å². The van der Waals surface area contributed by atoms with Gasteiger partial charge in [-0.3, -0.25) is 4.79 Å². The minimum atomic E-state index is -1.08. The Morgan fingerprint density at radius 1 is 1.33 bits per heavy atom. The first kappa shape index (κ1) is 11.7. The number of aliphatic carboxylic acids is 1. The number of aliphatic hydroxyl groups is 1. The summed E-state index contributed by atoms with van der Waals surface area (Å²) in [5.74, 6) is -2.03. The van der Waals surface area contributed by atoms with E-state index in [1.165, 1.54) is 0 Å². The van der Waals surface area contributed by atoms with Crippen molar-refractivity contribution in [3.05, 3.63) is 35.9 Å². The number of benzene rings is 1. The van der Waals surface area contributed by atoms with Crippen molar-refractivity contribution in [3.8, 4) is 0 Å². The first-order valence-corrected chi connectivity index (χ1v) is 4.75. The third-order valence-electron chi connectivity index (χ3n) is 2.30. The quantitative estimate of drug-likeness (QED) is 0.676. The van der Waals surface area contributed by atoms with Gasteiger partial charge in [-0.25, -0.2) is 0 Å². The van der Waals surface area contributed by atoms with Crippen LogP contribution < -0.4 is 5.73 Å². The van der Waals surface area contributed by atoms with Gasteiger partial charge < -0.3 is 15.9 Å². The van der Waals surface area contributed by atoms with Gasteiger partial charge in [0.2, 0.25) is 0 Å². The third-order valence-corrected chi connectivity index (χ3v) is 2.30. The van der Waals surface area contributed by atoms with Crippen LogP contribution in [0.25, 0.3) is 0 Å². The van der Waals surface area contributed by atoms with Crippen LogP contribution in [-0.4, -0.2) is 28.3 Å². The monoisotopic (exact) mass is 209 g/mol. The molecule has 3 unspecified atom stereocenters. The van der Waals surface area contributed by atoms with Gasteiger partial charge in [0.15, 0.2) is 0 Å². The lowest BCUT2D eigenvalue weighted by Gasteiger charge is -2.22. The van der Waals surface area contributed by atoms with Gasteiger partial charge in [-0.15, -0.1) is 0 Å². The smallest absolute Gasteiger partial charge is 0.313 e. The van der Waals surface area contributed by atoms with E-state index in [2.05, 4.69) is 0 Å². The van der Waals surface area contributed by atoms with Crippen molar-refractivity contribution in [1.82, 2.24) is 0 Å². The van der Waals surface area contributed by atoms with E-state index in [9.17, 15) is 9.90 Å². The first-order valence-electron chi connectivity index (χ1n) is 4.75. The standard InChI is InChI=1S/C11H15NO3/c1-7(12)10(13)9(11(14)15)8-5-3-2-4-6-8/h2-7,9-10,13H,12H2,1H3,(H,14,15). The van der Waals surface area contributed by atoms with Crippen LogP contribution >= 0.6 is 0 Å². The molecule has 1 aromatic carbocycles. The average Bonchev–Trinajstić information content (AvgIpc) is 2.18. The maximum absolute atomic E-state index is 11.0. The van der Waals surface area contributed by atoms with E-state index in [-0.39, 0.29) is 0 Å². The Hall–Kier alpha value is -1.39. The molecule has 1 aromatic rings. The molecule has 4 nitrogen and oxygen atoms in total. The molecule has 0 spiro atoms. The Morgan fingerprint density at radius 2 is 1.87 bits per heavy atom. The number of hydrogen-bond acceptors (Lipinski definition) is 3. The lowest BCUT2D eigenvalue weighted by atomic mass is 9.90. The Bertz CT molecular complexity index is 324. The number of nitrogens with two attached hydrogens (primary N) is 1. The maximum atomic E-state index is 11.0. The summed E-state index contributed by atoms with van der Waals surface area (Å²) in [6.07, 6.45) is -1.08. The van der Waals surface area contributed by atoms with Crippen molar-refractivity contribution in [2.75, 3.05) is 0 Å². The summed E-state index contributed by atoms with van der Waals surface area (Å²) in [4.78, 5) is 11.0. The van der Waals surface area contributed by atoms with E-state index in [1.54, 1.807) is 37.3 Å². The molecule has 82 valence electrons. The molecule has 0 heterocycles. The summed E-state index contributed by atoms with van der Waals surface area (Å²) >= 11 is 0. The molecule has 1 rings (SSSR count). The molecule has 0 aliphatic carbocycles. The van der Waals surface area contributed by atoms with Gasteiger partial charge >= 0.3 is 5.97 Å². The minimum Gasteiger partial charge on any atom is -0.481 e. The zero-order chi connectivity index (χ0) is 11.4. The molecular formula is C11H15NO3. The fraction of sp³-hybridized carbons (Fsp3) is 0.364. The normalized spacial score (nSPS) is 16.7. The average molecular weight is 209 g/mol. The molecule has 0 saturated heterocycles. The summed E-state index contributed by atoms with van der Waals surface area (Å²) < 4.78 is 0. The molecule has 0 amide bonds. The largest absolute Gasteiger partial charge is 0.481 e. The Labute approximate surface area is 88.3 Å². The first-order chi connectivity index (χ1) is 7.04. The molecule has 3 atom stereocenters. The van der Waals surface area contributed by atoms with Crippen molar-refractivity contribution in [3.63, 3.8) is 0 Å². The number of rotatable bonds is 4. The van der Waals surface area contributed by atoms with Gasteiger partial charge in [0.05, 0.1) is 6.10 Å². The van der Waals surface area contributed by atoms with E-state index in [0.29, 0.717) is 5.56 Å². The van der Waals surface area contributed by atoms with Crippen LogP contribution in [0.2, 0.25) is 0 Å². The van der Waals surface area contributed by atoms with E-state index >= 15 is 0 Å². The van der Waals surface area contributed by atoms with Crippen LogP contribution in [-0.2, 0) is 4.79 Å². The summed E-state index contributed by atoms with van der Waals surface area (Å²) in [5.41, 5.74) is 6.06. The Kier molecular flexibility index (Phi) is 3.82. The fourth-order valence-electron chi connectivity index (χ4n) is 1.45. The number of carboxylic acid groups (broad SMARTS) is 1. The number of carboxylic acids is 1. The second kappa shape index (κ2) is 4.91. The lowest BCUT2D eigenvalue weighted by Crippen LogP contribution is -2.39. The fourth-order valence-corrected chi connectivity index (χ4v) is 1.45. The molecule has 0 bridgehead atoms. The molecule has 0 saturated carbocycles. The van der Waals surface area contributed by atoms with Crippen LogP contribution in [0.3, 0.4) is 0 Å². The highest BCUT2D eigenvalue weighted by atomic mass is 16.4. The van der Waals surface area contributed by atoms with Crippen molar-refractivity contribution in [1.29, 1.82) is 0 Å². The highest BCUT2D eigenvalue weighted by Gasteiger charge is 2.30. The lowest BCUT2D eigenvalue weighted by molar-refractivity contribution is -0.141. The van der Waals surface area contributed by atoms with Crippen molar-refractivity contribution in [2.24, 2.45) is 5.73 Å². The molecule has 4 N–H and O–H groups in total. The Balaban J connectivity index is 2.99. The molecule has 0 aliphatic rings. The summed E-state index contributed by atoms with van der Waals surface area (Å²) in [6.45, 7) is 1.59. The second-order valence-electron chi connectivity index (χ2n) is 3.58. The zero-order valence-corrected chi connectivity index (χ0v) is 8.50. The number of hydrogen-bond donors (Lipinski definition) is 3. The summed E-state index contributed by atoms with van der Waals surface area (Å²) in [6, 6.07) is 8.03. The van der Waals surface area contributed by atoms with E-state index in [0.717, 1.165) is 0 Å². The van der Waals surface area contributed by atoms with E-state index < -0.39 is 24.0 Å². The molecule has 0 radical (unpaired) electrons. The molecule has 0 aromatic heterocycles. The Morgan fingerprint density at radius 3 is 2.27 bits per heavy atom. The highest BCUT2D eigenvalue weighted by molar-refractivity contribution is 5.77. The predicted octanol–water partition coefficient (Wildman–Crippen LogP) is 0.563. The zero-order valence-electron chi connectivity index (χ0n) is 8.50. The third kappa shape index (κ3) is 2.78. The van der Waals surface area contributed by atoms with Gasteiger partial charge in [0.25, 0.3) is 0 Å². The number of aliphatic hydroxyl groups excluding tert-OH is 1. The molecule has 0 fully saturated rings. The predicted molar refractivity (Wildman–Crippen MR) is 56.5 cm³/mol. The van der Waals surface area contributed by atoms with Crippen molar-refractivity contribution < 1.29 is 15.0 Å². The van der Waals surface area contributed by atoms with Gasteiger partial charge in [-0.05, 0) is 12.5 Å². The van der Waals surface area contributed by atoms with Crippen molar-refractivity contribution in [2.45, 2.75) is 25.0 Å². The van der Waals surface area contributed by atoms with Crippen LogP contribution in [0.15, 0.2) is 30.3 Å². The minimum absolute atomic E-state index is 0.565. The highest BCUT2D eigenvalue weighted by Crippen LogP contribution is 2.21. The van der Waals surface area contributed by atoms with Crippen LogP contribution in [0.5, 0.6) is 0 Å². The van der Waals surface area contributed by atoms with Crippen LogP contribution in [0.4, 0.5) is 0 Å². The topological polar surface area (TPSA) is 83.5 Å². The van der Waals surface area contributed by atoms with E-state index in [1.807, 2.05) is 0 Å². The van der Waals surface area contributed by atoms with Gasteiger partial charge in [0.1, 0.15) is 5.92 Å². The molecule has 0 aliphatic heterocycles. The van der Waals surface area contributed by atoms with Crippen LogP contribution in [0, 0.1) is 0 Å². The maximum Gasteiger partial charge on any atom is 0.313 e. The van der Waals surface area contributed by atoms with E-state index in [4.69, 9.17) is 10.8 Å². The second-order valence-corrected chi connectivity index (χ2v) is 3.58. The summed E-state index contributed by atoms with van der Waals surface area (Å²) in [5, 5.41) is 18.7. The van der Waals surface area contributed by atoms with Gasteiger partial charge in [-0.2, -0.15) is 0 Å². The number of carbonyl (C=O) groups is 1.